The zero-order valence-electron chi connectivity index (χ0n) is 33.9. The van der Waals surface area contributed by atoms with E-state index in [2.05, 4.69) is 31.7 Å². The number of carbonyl (C=O) groups is 1. The molecule has 3 heterocycles. The Balaban J connectivity index is 0.00000641. The van der Waals surface area contributed by atoms with Gasteiger partial charge in [0.15, 0.2) is 25.6 Å². The molecule has 0 N–H and O–H groups in total. The normalized spacial score (nSPS) is 17.4. The molecule has 22 heteroatoms. The maximum Gasteiger partial charge on any atom is 1.00 e. The molecule has 0 saturated heterocycles. The number of benzene rings is 2. The molecule has 0 unspecified atom stereocenters. The largest absolute Gasteiger partial charge is 1.00 e. The van der Waals surface area contributed by atoms with Gasteiger partial charge in [-0.3, -0.25) is 9.48 Å². The predicted molar refractivity (Wildman–Crippen MR) is 212 cm³/mol. The van der Waals surface area contributed by atoms with E-state index in [1.54, 1.807) is 6.92 Å². The van der Waals surface area contributed by atoms with E-state index in [0.29, 0.717) is 28.3 Å². The fourth-order valence-corrected chi connectivity index (χ4v) is 8.67. The van der Waals surface area contributed by atoms with E-state index in [1.807, 2.05) is 0 Å². The number of hydrogen-bond acceptors (Lipinski definition) is 8. The molecule has 5 aromatic rings. The van der Waals surface area contributed by atoms with E-state index in [1.165, 1.54) is 38.1 Å². The van der Waals surface area contributed by atoms with Crippen LogP contribution in [-0.2, 0) is 50.1 Å². The van der Waals surface area contributed by atoms with E-state index in [9.17, 15) is 43.6 Å². The molecule has 2 aliphatic carbocycles. The van der Waals surface area contributed by atoms with E-state index in [0.717, 1.165) is 23.1 Å². The first-order valence-corrected chi connectivity index (χ1v) is 22.6. The molecule has 7 rings (SSSR count). The molecule has 324 valence electrons. The van der Waals surface area contributed by atoms with Crippen molar-refractivity contribution in [3.63, 3.8) is 0 Å². The summed E-state index contributed by atoms with van der Waals surface area (Å²) in [7, 11) is -8.01. The minimum absolute atomic E-state index is 0. The van der Waals surface area contributed by atoms with E-state index < -0.39 is 91.3 Å². The molecular weight excluding hydrogens is 900 g/mol. The minimum atomic E-state index is -4.91. The van der Waals surface area contributed by atoms with Crippen LogP contribution in [0.2, 0.25) is 5.02 Å². The van der Waals surface area contributed by atoms with Crippen LogP contribution in [0, 0.1) is 36.3 Å². The minimum Gasteiger partial charge on any atom is -0.373 e. The molecule has 1 fully saturated rings. The van der Waals surface area contributed by atoms with Crippen molar-refractivity contribution >= 4 is 54.0 Å². The average Bonchev–Trinajstić information content (AvgIpc) is 3.67. The Morgan fingerprint density at radius 1 is 1.00 bits per heavy atom. The predicted octanol–water partition coefficient (Wildman–Crippen LogP) is 5.44. The Hall–Kier alpha value is -4.00. The number of aryl methyl sites for hydroxylation is 1. The first-order valence-electron chi connectivity index (χ1n) is 18.5. The summed E-state index contributed by atoms with van der Waals surface area (Å²) >= 11 is 6.49. The number of rotatable bonds is 12. The zero-order chi connectivity index (χ0) is 44.8. The molecule has 0 bridgehead atoms. The number of halogens is 8. The maximum atomic E-state index is 15.5. The van der Waals surface area contributed by atoms with Crippen molar-refractivity contribution < 1.29 is 81.9 Å². The second-order valence-corrected chi connectivity index (χ2v) is 20.5. The van der Waals surface area contributed by atoms with Gasteiger partial charge in [-0.1, -0.05) is 23.6 Å². The molecule has 11 nitrogen and oxygen atoms in total. The van der Waals surface area contributed by atoms with Crippen molar-refractivity contribution in [1.29, 1.82) is 0 Å². The van der Waals surface area contributed by atoms with Crippen molar-refractivity contribution in [2.45, 2.75) is 81.8 Å². The van der Waals surface area contributed by atoms with Crippen molar-refractivity contribution in [3.05, 3.63) is 97.7 Å². The summed E-state index contributed by atoms with van der Waals surface area (Å²) in [5.41, 5.74) is -0.241. The van der Waals surface area contributed by atoms with Crippen molar-refractivity contribution in [2.75, 3.05) is 12.5 Å². The van der Waals surface area contributed by atoms with Gasteiger partial charge < -0.3 is 14.5 Å². The number of sulfonamides is 1. The molecule has 0 aliphatic heterocycles. The SMILES string of the molecule is Cc1nn(CC(=O)C[C@@H](Cc2cc(F)cc(F)c2)c2nc(C#CC(C)(C)S(C)(=O)=O)ccc2-c2ccc(Cl)c3c([N-]S(C)(=O)=O)nn(CC(F)(F)F)c23)c2c1[C@H]1C[C@H]1C2(F)F.[Na+]. The van der Waals surface area contributed by atoms with Gasteiger partial charge in [-0.15, -0.1) is 0 Å². The Morgan fingerprint density at radius 2 is 1.65 bits per heavy atom. The number of Topliss-reactive ketones (excluding diaryl/α,β-unsaturated/α-hetero) is 1. The van der Waals surface area contributed by atoms with Gasteiger partial charge >= 0.3 is 35.7 Å². The molecular formula is C40H35ClF7N6NaO5S2. The molecule has 0 spiro atoms. The summed E-state index contributed by atoms with van der Waals surface area (Å²) < 4.78 is 155. The van der Waals surface area contributed by atoms with Gasteiger partial charge in [0.2, 0.25) is 0 Å². The van der Waals surface area contributed by atoms with E-state index >= 15 is 8.78 Å². The number of fused-ring (bicyclic) bond motifs is 4. The third kappa shape index (κ3) is 9.58. The van der Waals surface area contributed by atoms with Gasteiger partial charge in [-0.2, -0.15) is 27.1 Å². The van der Waals surface area contributed by atoms with Crippen LogP contribution in [0.25, 0.3) is 26.8 Å². The summed E-state index contributed by atoms with van der Waals surface area (Å²) in [6, 6.07) is 7.83. The number of aromatic nitrogens is 5. The third-order valence-electron chi connectivity index (χ3n) is 10.7. The Labute approximate surface area is 379 Å². The number of ketones is 1. The van der Waals surface area contributed by atoms with Gasteiger partial charge in [0.1, 0.15) is 40.9 Å². The van der Waals surface area contributed by atoms with Crippen LogP contribution in [0.15, 0.2) is 42.5 Å². The molecule has 0 radical (unpaired) electrons. The first kappa shape index (κ1) is 47.5. The van der Waals surface area contributed by atoms with Crippen LogP contribution < -0.4 is 29.6 Å². The molecule has 3 aromatic heterocycles. The van der Waals surface area contributed by atoms with E-state index in [4.69, 9.17) is 11.6 Å². The maximum absolute atomic E-state index is 15.5. The van der Waals surface area contributed by atoms with Gasteiger partial charge in [0, 0.05) is 63.9 Å². The quantitative estimate of drug-likeness (QED) is 0.0914. The summed E-state index contributed by atoms with van der Waals surface area (Å²) in [5, 5.41) is 7.61. The number of pyridine rings is 1. The summed E-state index contributed by atoms with van der Waals surface area (Å²) in [6.07, 6.45) is -3.86. The second kappa shape index (κ2) is 16.5. The van der Waals surface area contributed by atoms with Crippen LogP contribution in [0.4, 0.5) is 36.6 Å². The molecule has 0 amide bonds. The number of sulfone groups is 1. The summed E-state index contributed by atoms with van der Waals surface area (Å²) in [5.74, 6) is -3.72. The first-order chi connectivity index (χ1) is 28.1. The third-order valence-corrected chi connectivity index (χ3v) is 13.5. The fourth-order valence-electron chi connectivity index (χ4n) is 7.76. The number of nitrogens with zero attached hydrogens (tertiary/aromatic N) is 6. The van der Waals surface area contributed by atoms with Gasteiger partial charge in [0.25, 0.3) is 5.92 Å². The molecule has 2 aliphatic rings. The fraction of sp³-hybridized carbons (Fsp3) is 0.400. The van der Waals surface area contributed by atoms with Crippen molar-refractivity contribution in [2.24, 2.45) is 5.92 Å². The van der Waals surface area contributed by atoms with Gasteiger partial charge in [0.05, 0.1) is 16.9 Å². The number of carbonyl (C=O) groups excluding carboxylic acids is 1. The summed E-state index contributed by atoms with van der Waals surface area (Å²) in [6.45, 7) is 1.87. The molecule has 1 saturated carbocycles. The molecule has 2 aromatic carbocycles. The van der Waals surface area contributed by atoms with Crippen LogP contribution in [0.5, 0.6) is 0 Å². The topological polar surface area (TPSA) is 148 Å². The number of alkyl halides is 5. The Bertz CT molecular complexity index is 2920. The van der Waals surface area contributed by atoms with Crippen LogP contribution in [0.1, 0.15) is 72.4 Å². The van der Waals surface area contributed by atoms with Crippen LogP contribution >= 0.6 is 11.6 Å². The molecule has 62 heavy (non-hydrogen) atoms. The van der Waals surface area contributed by atoms with Crippen LogP contribution in [0.3, 0.4) is 0 Å². The monoisotopic (exact) mass is 934 g/mol. The smallest absolute Gasteiger partial charge is 0.373 e. The Kier molecular flexibility index (Phi) is 12.7. The number of hydrogen-bond donors (Lipinski definition) is 0. The average molecular weight is 935 g/mol. The van der Waals surface area contributed by atoms with Crippen molar-refractivity contribution in [1.82, 2.24) is 24.5 Å². The van der Waals surface area contributed by atoms with Gasteiger partial charge in [-0.25, -0.2) is 30.6 Å². The van der Waals surface area contributed by atoms with Gasteiger partial charge in [-0.05, 0) is 87.2 Å². The second-order valence-electron chi connectivity index (χ2n) is 15.9. The van der Waals surface area contributed by atoms with Crippen LogP contribution in [-0.4, -0.2) is 70.6 Å². The van der Waals surface area contributed by atoms with E-state index in [-0.39, 0.29) is 98.0 Å². The van der Waals surface area contributed by atoms with Crippen molar-refractivity contribution in [3.8, 4) is 23.0 Å². The standard InChI is InChI=1S/C40H35ClF7N6O5S2.Na/c1-20-32-29-17-30(29)40(47,48)36(32)53(50-20)18-26(55)15-22(12-21-13-23(42)16-24(43)14-21)34-27(7-6-25(49-34)10-11-38(2,3)60(4,56)57)28-8-9-31(41)33-35(28)54(19-39(44,45)46)51-37(33)52-61(5,58)59;/h6-9,13-14,16,22,29-30H,12,15,17-19H2,1-5H3;/q-1;+1/t22-,29+,30-;/m1./s1. The zero-order valence-corrected chi connectivity index (χ0v) is 38.3. The molecule has 3 atom stereocenters. The summed E-state index contributed by atoms with van der Waals surface area (Å²) in [4.78, 5) is 18.8. The Morgan fingerprint density at radius 3 is 2.26 bits per heavy atom.